The van der Waals surface area contributed by atoms with Crippen molar-refractivity contribution in [2.75, 3.05) is 29.9 Å². The Morgan fingerprint density at radius 3 is 2.60 bits per heavy atom. The topological polar surface area (TPSA) is 80.2 Å². The van der Waals surface area contributed by atoms with Gasteiger partial charge in [-0.3, -0.25) is 9.78 Å². The van der Waals surface area contributed by atoms with Crippen LogP contribution in [-0.2, 0) is 4.79 Å². The molecule has 3 aromatic rings. The van der Waals surface area contributed by atoms with Gasteiger partial charge in [0.1, 0.15) is 5.75 Å². The number of ether oxygens (including phenoxy) is 1. The van der Waals surface area contributed by atoms with Crippen molar-refractivity contribution in [3.05, 3.63) is 60.9 Å². The molecule has 1 fully saturated rings. The number of aromatic nitrogens is 3. The zero-order valence-electron chi connectivity index (χ0n) is 17.0. The number of hydrogen-bond acceptors (Lipinski definition) is 6. The zero-order valence-corrected chi connectivity index (χ0v) is 17.0. The smallest absolute Gasteiger partial charge is 0.229 e. The van der Waals surface area contributed by atoms with E-state index >= 15 is 0 Å². The number of nitrogens with zero attached hydrogens (tertiary/aromatic N) is 4. The summed E-state index contributed by atoms with van der Waals surface area (Å²) < 4.78 is 5.45. The van der Waals surface area contributed by atoms with Crippen molar-refractivity contribution in [1.82, 2.24) is 15.2 Å². The fourth-order valence-electron chi connectivity index (χ4n) is 3.62. The molecule has 0 bridgehead atoms. The zero-order chi connectivity index (χ0) is 20.8. The van der Waals surface area contributed by atoms with Crippen molar-refractivity contribution in [1.29, 1.82) is 0 Å². The highest BCUT2D eigenvalue weighted by atomic mass is 16.5. The lowest BCUT2D eigenvalue weighted by Crippen LogP contribution is -2.41. The van der Waals surface area contributed by atoms with Crippen LogP contribution in [0.25, 0.3) is 11.3 Å². The molecule has 3 heterocycles. The summed E-state index contributed by atoms with van der Waals surface area (Å²) in [5.41, 5.74) is 2.57. The molecule has 154 valence electrons. The van der Waals surface area contributed by atoms with E-state index in [0.717, 1.165) is 47.9 Å². The highest BCUT2D eigenvalue weighted by Crippen LogP contribution is 2.24. The monoisotopic (exact) mass is 403 g/mol. The first kappa shape index (κ1) is 19.8. The number of carbonyl (C=O) groups excluding carboxylic acids is 1. The molecule has 1 aliphatic rings. The predicted octanol–water partition coefficient (Wildman–Crippen LogP) is 3.79. The van der Waals surface area contributed by atoms with Crippen LogP contribution in [0.3, 0.4) is 0 Å². The summed E-state index contributed by atoms with van der Waals surface area (Å²) in [5, 5.41) is 11.8. The van der Waals surface area contributed by atoms with Crippen molar-refractivity contribution >= 4 is 17.4 Å². The maximum atomic E-state index is 12.8. The van der Waals surface area contributed by atoms with Crippen molar-refractivity contribution in [2.24, 2.45) is 5.92 Å². The standard InChI is InChI=1S/C23H25N5O2/c1-2-30-20-7-5-19(6-8-20)25-23(29)18-4-3-15-28(16-18)22-10-9-21(26-27-22)17-11-13-24-14-12-17/h5-14,18H,2-4,15-16H2,1H3,(H,25,29). The maximum Gasteiger partial charge on any atom is 0.229 e. The summed E-state index contributed by atoms with van der Waals surface area (Å²) in [6.45, 7) is 4.07. The Bertz CT molecular complexity index is 961. The molecule has 2 aromatic heterocycles. The molecule has 1 N–H and O–H groups in total. The second kappa shape index (κ2) is 9.35. The number of hydrogen-bond donors (Lipinski definition) is 1. The van der Waals surface area contributed by atoms with Crippen molar-refractivity contribution in [3.63, 3.8) is 0 Å². The third kappa shape index (κ3) is 4.74. The number of pyridine rings is 1. The number of rotatable bonds is 6. The molecular formula is C23H25N5O2. The molecule has 1 atom stereocenters. The summed E-state index contributed by atoms with van der Waals surface area (Å²) in [7, 11) is 0. The van der Waals surface area contributed by atoms with Crippen LogP contribution in [0.15, 0.2) is 60.9 Å². The van der Waals surface area contributed by atoms with Crippen LogP contribution in [0.2, 0.25) is 0 Å². The van der Waals surface area contributed by atoms with E-state index < -0.39 is 0 Å². The van der Waals surface area contributed by atoms with Crippen molar-refractivity contribution in [3.8, 4) is 17.0 Å². The third-order valence-corrected chi connectivity index (χ3v) is 5.18. The number of benzene rings is 1. The Balaban J connectivity index is 1.38. The summed E-state index contributed by atoms with van der Waals surface area (Å²) in [5.74, 6) is 1.54. The van der Waals surface area contributed by atoms with Gasteiger partial charge >= 0.3 is 0 Å². The summed E-state index contributed by atoms with van der Waals surface area (Å²) in [6.07, 6.45) is 5.28. The maximum absolute atomic E-state index is 12.8. The largest absolute Gasteiger partial charge is 0.494 e. The van der Waals surface area contributed by atoms with Crippen LogP contribution >= 0.6 is 0 Å². The molecule has 0 spiro atoms. The van der Waals surface area contributed by atoms with Crippen LogP contribution < -0.4 is 15.0 Å². The van der Waals surface area contributed by atoms with E-state index in [1.807, 2.05) is 55.5 Å². The van der Waals surface area contributed by atoms with Crippen molar-refractivity contribution in [2.45, 2.75) is 19.8 Å². The average molecular weight is 403 g/mol. The molecular weight excluding hydrogens is 378 g/mol. The Morgan fingerprint density at radius 1 is 1.10 bits per heavy atom. The van der Waals surface area contributed by atoms with Gasteiger partial charge in [-0.15, -0.1) is 10.2 Å². The molecule has 1 amide bonds. The minimum atomic E-state index is -0.0907. The van der Waals surface area contributed by atoms with E-state index in [1.165, 1.54) is 0 Å². The van der Waals surface area contributed by atoms with Gasteiger partial charge in [-0.05, 0) is 68.3 Å². The lowest BCUT2D eigenvalue weighted by atomic mass is 9.97. The number of piperidine rings is 1. The lowest BCUT2D eigenvalue weighted by Gasteiger charge is -2.32. The molecule has 1 aliphatic heterocycles. The van der Waals surface area contributed by atoms with E-state index in [9.17, 15) is 4.79 Å². The van der Waals surface area contributed by atoms with Gasteiger partial charge in [-0.25, -0.2) is 0 Å². The molecule has 1 aromatic carbocycles. The Kier molecular flexibility index (Phi) is 6.17. The van der Waals surface area contributed by atoms with Crippen LogP contribution in [-0.4, -0.2) is 40.8 Å². The quantitative estimate of drug-likeness (QED) is 0.674. The highest BCUT2D eigenvalue weighted by molar-refractivity contribution is 5.93. The van der Waals surface area contributed by atoms with Gasteiger partial charge in [0.2, 0.25) is 5.91 Å². The van der Waals surface area contributed by atoms with Crippen molar-refractivity contribution < 1.29 is 9.53 Å². The molecule has 30 heavy (non-hydrogen) atoms. The van der Waals surface area contributed by atoms with Gasteiger partial charge in [-0.1, -0.05) is 0 Å². The third-order valence-electron chi connectivity index (χ3n) is 5.18. The first-order valence-corrected chi connectivity index (χ1v) is 10.3. The summed E-state index contributed by atoms with van der Waals surface area (Å²) in [6, 6.07) is 15.2. The molecule has 0 saturated carbocycles. The van der Waals surface area contributed by atoms with E-state index in [1.54, 1.807) is 12.4 Å². The number of carbonyl (C=O) groups is 1. The number of nitrogens with one attached hydrogen (secondary N) is 1. The minimum absolute atomic E-state index is 0.0326. The molecule has 0 radical (unpaired) electrons. The Labute approximate surface area is 176 Å². The second-order valence-corrected chi connectivity index (χ2v) is 7.24. The molecule has 0 aliphatic carbocycles. The number of amides is 1. The Hall–Kier alpha value is -3.48. The van der Waals surface area contributed by atoms with Crippen LogP contribution in [0.1, 0.15) is 19.8 Å². The van der Waals surface area contributed by atoms with Gasteiger partial charge in [-0.2, -0.15) is 0 Å². The Morgan fingerprint density at radius 2 is 1.90 bits per heavy atom. The van der Waals surface area contributed by atoms with Gasteiger partial charge in [0.15, 0.2) is 5.82 Å². The normalized spacial score (nSPS) is 16.2. The second-order valence-electron chi connectivity index (χ2n) is 7.24. The fourth-order valence-corrected chi connectivity index (χ4v) is 3.62. The molecule has 1 unspecified atom stereocenters. The lowest BCUT2D eigenvalue weighted by molar-refractivity contribution is -0.120. The van der Waals surface area contributed by atoms with Crippen LogP contribution in [0.4, 0.5) is 11.5 Å². The highest BCUT2D eigenvalue weighted by Gasteiger charge is 2.27. The first-order chi connectivity index (χ1) is 14.7. The molecule has 7 nitrogen and oxygen atoms in total. The number of anilines is 2. The minimum Gasteiger partial charge on any atom is -0.494 e. The SMILES string of the molecule is CCOc1ccc(NC(=O)C2CCCN(c3ccc(-c4ccncc4)nn3)C2)cc1. The summed E-state index contributed by atoms with van der Waals surface area (Å²) >= 11 is 0. The first-order valence-electron chi connectivity index (χ1n) is 10.3. The molecule has 1 saturated heterocycles. The fraction of sp³-hybridized carbons (Fsp3) is 0.304. The van der Waals surface area contributed by atoms with E-state index in [2.05, 4.69) is 25.4 Å². The van der Waals surface area contributed by atoms with Crippen LogP contribution in [0, 0.1) is 5.92 Å². The average Bonchev–Trinajstić information content (AvgIpc) is 2.81. The predicted molar refractivity (Wildman–Crippen MR) is 116 cm³/mol. The summed E-state index contributed by atoms with van der Waals surface area (Å²) in [4.78, 5) is 18.9. The molecule has 7 heteroatoms. The molecule has 4 rings (SSSR count). The van der Waals surface area contributed by atoms with E-state index in [4.69, 9.17) is 4.74 Å². The van der Waals surface area contributed by atoms with E-state index in [-0.39, 0.29) is 11.8 Å². The van der Waals surface area contributed by atoms with Gasteiger partial charge in [0, 0.05) is 36.7 Å². The van der Waals surface area contributed by atoms with Gasteiger partial charge in [0.25, 0.3) is 0 Å². The van der Waals surface area contributed by atoms with Gasteiger partial charge < -0.3 is 15.0 Å². The van der Waals surface area contributed by atoms with E-state index in [0.29, 0.717) is 13.2 Å². The van der Waals surface area contributed by atoms with Crippen LogP contribution in [0.5, 0.6) is 5.75 Å². The van der Waals surface area contributed by atoms with Gasteiger partial charge in [0.05, 0.1) is 18.2 Å².